The summed E-state index contributed by atoms with van der Waals surface area (Å²) < 4.78 is 0. The maximum Gasteiger partial charge on any atom is 0.176 e. The minimum atomic E-state index is 0.443. The van der Waals surface area contributed by atoms with Gasteiger partial charge in [-0.1, -0.05) is 31.4 Å². The second-order valence-electron chi connectivity index (χ2n) is 4.02. The summed E-state index contributed by atoms with van der Waals surface area (Å²) in [5.74, 6) is 0.454. The van der Waals surface area contributed by atoms with E-state index in [1.807, 2.05) is 12.1 Å². The van der Waals surface area contributed by atoms with E-state index >= 15 is 0 Å². The Morgan fingerprint density at radius 3 is 2.56 bits per heavy atom. The zero-order valence-corrected chi connectivity index (χ0v) is 12.0. The molecule has 0 radical (unpaired) electrons. The van der Waals surface area contributed by atoms with Crippen molar-refractivity contribution in [2.75, 3.05) is 5.32 Å². The Bertz CT molecular complexity index is 403. The predicted octanol–water partition coefficient (Wildman–Crippen LogP) is 4.18. The molecule has 0 aliphatic rings. The average molecular weight is 284 g/mol. The molecule has 0 saturated heterocycles. The molecule has 5 heteroatoms. The Balaban J connectivity index is 2.32. The first-order chi connectivity index (χ1) is 8.61. The molecule has 98 valence electrons. The number of rotatable bonds is 5. The third-order valence-electron chi connectivity index (χ3n) is 2.40. The standard InChI is InChI=1S/C13H18ClN3S/c1-2-3-4-5-12(15)17-13(18)16-11-8-6-10(14)7-9-11/h6-9H,2-5H2,1H3,(H3,15,16,17,18). The number of hydrogen-bond acceptors (Lipinski definition) is 2. The van der Waals surface area contributed by atoms with Gasteiger partial charge >= 0.3 is 0 Å². The van der Waals surface area contributed by atoms with Crippen LogP contribution >= 0.6 is 23.8 Å². The molecular weight excluding hydrogens is 266 g/mol. The summed E-state index contributed by atoms with van der Waals surface area (Å²) in [5, 5.41) is 14.8. The van der Waals surface area contributed by atoms with Crippen LogP contribution in [0.1, 0.15) is 32.6 Å². The van der Waals surface area contributed by atoms with E-state index in [0.717, 1.165) is 31.4 Å². The molecule has 0 saturated carbocycles. The molecule has 1 aromatic carbocycles. The van der Waals surface area contributed by atoms with Crippen molar-refractivity contribution in [1.82, 2.24) is 5.32 Å². The molecule has 3 nitrogen and oxygen atoms in total. The van der Waals surface area contributed by atoms with Crippen LogP contribution in [0.5, 0.6) is 0 Å². The molecule has 0 amide bonds. The molecule has 0 bridgehead atoms. The van der Waals surface area contributed by atoms with Crippen LogP contribution in [0.2, 0.25) is 5.02 Å². The summed E-state index contributed by atoms with van der Waals surface area (Å²) in [6.07, 6.45) is 4.05. The van der Waals surface area contributed by atoms with Crippen LogP contribution < -0.4 is 10.6 Å². The van der Waals surface area contributed by atoms with Gasteiger partial charge < -0.3 is 10.6 Å². The number of halogens is 1. The quantitative estimate of drug-likeness (QED) is 0.329. The van der Waals surface area contributed by atoms with Gasteiger partial charge in [0.1, 0.15) is 0 Å². The largest absolute Gasteiger partial charge is 0.332 e. The number of unbranched alkanes of at least 4 members (excludes halogenated alkanes) is 2. The lowest BCUT2D eigenvalue weighted by Crippen LogP contribution is -2.33. The molecule has 0 aliphatic heterocycles. The van der Waals surface area contributed by atoms with Crippen molar-refractivity contribution >= 4 is 40.5 Å². The maximum atomic E-state index is 7.74. The molecule has 0 aliphatic carbocycles. The zero-order valence-electron chi connectivity index (χ0n) is 10.4. The van der Waals surface area contributed by atoms with E-state index in [1.54, 1.807) is 12.1 Å². The Hall–Kier alpha value is -1.13. The minimum Gasteiger partial charge on any atom is -0.332 e. The summed E-state index contributed by atoms with van der Waals surface area (Å²) in [7, 11) is 0. The SMILES string of the molecule is CCCCCC(=N)NC(=S)Nc1ccc(Cl)cc1. The van der Waals surface area contributed by atoms with Gasteiger partial charge in [0.15, 0.2) is 5.11 Å². The van der Waals surface area contributed by atoms with E-state index < -0.39 is 0 Å². The first kappa shape index (κ1) is 14.9. The molecule has 0 atom stereocenters. The van der Waals surface area contributed by atoms with Crippen LogP contribution in [0.4, 0.5) is 5.69 Å². The van der Waals surface area contributed by atoms with Gasteiger partial charge in [0, 0.05) is 17.1 Å². The summed E-state index contributed by atoms with van der Waals surface area (Å²) in [5.41, 5.74) is 0.859. The van der Waals surface area contributed by atoms with E-state index in [-0.39, 0.29) is 0 Å². The lowest BCUT2D eigenvalue weighted by Gasteiger charge is -2.11. The Kier molecular flexibility index (Phi) is 6.68. The zero-order chi connectivity index (χ0) is 13.4. The highest BCUT2D eigenvalue weighted by Gasteiger charge is 2.01. The van der Waals surface area contributed by atoms with Crippen molar-refractivity contribution in [2.45, 2.75) is 32.6 Å². The van der Waals surface area contributed by atoms with Crippen LogP contribution in [0.25, 0.3) is 0 Å². The van der Waals surface area contributed by atoms with Crippen molar-refractivity contribution in [3.8, 4) is 0 Å². The monoisotopic (exact) mass is 283 g/mol. The third kappa shape index (κ3) is 5.98. The summed E-state index contributed by atoms with van der Waals surface area (Å²) in [6, 6.07) is 7.27. The Morgan fingerprint density at radius 1 is 1.28 bits per heavy atom. The average Bonchev–Trinajstić information content (AvgIpc) is 2.32. The van der Waals surface area contributed by atoms with E-state index in [9.17, 15) is 0 Å². The predicted molar refractivity (Wildman–Crippen MR) is 82.7 cm³/mol. The fraction of sp³-hybridized carbons (Fsp3) is 0.385. The first-order valence-corrected chi connectivity index (χ1v) is 6.81. The summed E-state index contributed by atoms with van der Waals surface area (Å²) >= 11 is 10.9. The topological polar surface area (TPSA) is 47.9 Å². The van der Waals surface area contributed by atoms with E-state index in [2.05, 4.69) is 17.6 Å². The Morgan fingerprint density at radius 2 is 1.94 bits per heavy atom. The third-order valence-corrected chi connectivity index (χ3v) is 2.85. The summed E-state index contributed by atoms with van der Waals surface area (Å²) in [6.45, 7) is 2.14. The maximum absolute atomic E-state index is 7.74. The molecule has 1 aromatic rings. The van der Waals surface area contributed by atoms with Gasteiger partial charge in [0.2, 0.25) is 0 Å². The lowest BCUT2D eigenvalue weighted by atomic mass is 10.2. The van der Waals surface area contributed by atoms with Gasteiger partial charge in [-0.2, -0.15) is 0 Å². The normalized spacial score (nSPS) is 9.89. The van der Waals surface area contributed by atoms with E-state index in [1.165, 1.54) is 0 Å². The molecule has 0 unspecified atom stereocenters. The van der Waals surface area contributed by atoms with Crippen LogP contribution in [0, 0.1) is 5.41 Å². The molecule has 1 rings (SSSR count). The van der Waals surface area contributed by atoms with Crippen molar-refractivity contribution in [3.05, 3.63) is 29.3 Å². The van der Waals surface area contributed by atoms with Crippen LogP contribution in [-0.4, -0.2) is 10.9 Å². The van der Waals surface area contributed by atoms with Gasteiger partial charge in [0.05, 0.1) is 5.84 Å². The van der Waals surface area contributed by atoms with Crippen molar-refractivity contribution in [1.29, 1.82) is 5.41 Å². The lowest BCUT2D eigenvalue weighted by molar-refractivity contribution is 0.736. The van der Waals surface area contributed by atoms with Gasteiger partial charge in [0.25, 0.3) is 0 Å². The number of amidine groups is 1. The number of hydrogen-bond donors (Lipinski definition) is 3. The molecule has 0 heterocycles. The molecule has 0 fully saturated rings. The second kappa shape index (κ2) is 8.06. The number of thiocarbonyl (C=S) groups is 1. The highest BCUT2D eigenvalue weighted by molar-refractivity contribution is 7.80. The van der Waals surface area contributed by atoms with Crippen LogP contribution in [-0.2, 0) is 0 Å². The van der Waals surface area contributed by atoms with Crippen molar-refractivity contribution in [3.63, 3.8) is 0 Å². The fourth-order valence-corrected chi connectivity index (χ4v) is 1.81. The minimum absolute atomic E-state index is 0.443. The van der Waals surface area contributed by atoms with Gasteiger partial charge in [-0.25, -0.2) is 0 Å². The van der Waals surface area contributed by atoms with Crippen LogP contribution in [0.3, 0.4) is 0 Å². The smallest absolute Gasteiger partial charge is 0.176 e. The van der Waals surface area contributed by atoms with Gasteiger partial charge in [-0.15, -0.1) is 0 Å². The summed E-state index contributed by atoms with van der Waals surface area (Å²) in [4.78, 5) is 0. The van der Waals surface area contributed by atoms with E-state index in [0.29, 0.717) is 16.0 Å². The highest BCUT2D eigenvalue weighted by Crippen LogP contribution is 2.13. The van der Waals surface area contributed by atoms with Crippen molar-refractivity contribution < 1.29 is 0 Å². The Labute approximate surface area is 118 Å². The molecule has 0 spiro atoms. The molecule has 0 aromatic heterocycles. The van der Waals surface area contributed by atoms with Crippen molar-refractivity contribution in [2.24, 2.45) is 0 Å². The van der Waals surface area contributed by atoms with Gasteiger partial charge in [-0.05, 0) is 42.9 Å². The van der Waals surface area contributed by atoms with Gasteiger partial charge in [-0.3, -0.25) is 5.41 Å². The molecule has 18 heavy (non-hydrogen) atoms. The molecule has 3 N–H and O–H groups in total. The molecular formula is C13H18ClN3S. The number of anilines is 1. The number of nitrogens with one attached hydrogen (secondary N) is 3. The fourth-order valence-electron chi connectivity index (χ4n) is 1.45. The highest BCUT2D eigenvalue weighted by atomic mass is 35.5. The number of benzene rings is 1. The second-order valence-corrected chi connectivity index (χ2v) is 4.87. The van der Waals surface area contributed by atoms with Crippen LogP contribution in [0.15, 0.2) is 24.3 Å². The van der Waals surface area contributed by atoms with E-state index in [4.69, 9.17) is 29.2 Å². The first-order valence-electron chi connectivity index (χ1n) is 6.03.